The zero-order valence-corrected chi connectivity index (χ0v) is 17.2. The molecule has 0 atom stereocenters. The largest absolute Gasteiger partial charge is 0.353 e. The average Bonchev–Trinajstić information content (AvgIpc) is 3.06. The smallest absolute Gasteiger partial charge is 0.291 e. The zero-order chi connectivity index (χ0) is 21.1. The summed E-state index contributed by atoms with van der Waals surface area (Å²) in [5.74, 6) is -0.121. The summed E-state index contributed by atoms with van der Waals surface area (Å²) in [5.41, 5.74) is 2.39. The van der Waals surface area contributed by atoms with Crippen molar-refractivity contribution in [1.29, 1.82) is 0 Å². The topological polar surface area (TPSA) is 72.2 Å². The monoisotopic (exact) mass is 403 g/mol. The van der Waals surface area contributed by atoms with E-state index in [0.717, 1.165) is 29.4 Å². The summed E-state index contributed by atoms with van der Waals surface area (Å²) in [7, 11) is 3.65. The van der Waals surface area contributed by atoms with E-state index < -0.39 is 0 Å². The molecule has 7 nitrogen and oxygen atoms in total. The molecule has 2 heterocycles. The second-order valence-electron chi connectivity index (χ2n) is 7.51. The number of carbonyl (C=O) groups is 1. The summed E-state index contributed by atoms with van der Waals surface area (Å²) in [6, 6.07) is 17.9. The zero-order valence-electron chi connectivity index (χ0n) is 17.2. The molecule has 0 unspecified atom stereocenters. The van der Waals surface area contributed by atoms with Crippen LogP contribution in [0, 0.1) is 0 Å². The maximum absolute atomic E-state index is 12.7. The fourth-order valence-electron chi connectivity index (χ4n) is 3.77. The first-order valence-electron chi connectivity index (χ1n) is 9.97. The molecule has 0 aliphatic carbocycles. The molecule has 154 valence electrons. The summed E-state index contributed by atoms with van der Waals surface area (Å²) in [6.07, 6.45) is 1.69. The number of carbonyl (C=O) groups excluding carboxylic acids is 1. The summed E-state index contributed by atoms with van der Waals surface area (Å²) in [6.45, 7) is 2.19. The summed E-state index contributed by atoms with van der Waals surface area (Å²) < 4.78 is 3.09. The van der Waals surface area contributed by atoms with Crippen molar-refractivity contribution < 1.29 is 4.79 Å². The van der Waals surface area contributed by atoms with Gasteiger partial charge in [-0.3, -0.25) is 9.59 Å². The molecule has 4 rings (SSSR count). The van der Waals surface area contributed by atoms with Crippen LogP contribution in [0.3, 0.4) is 0 Å². The minimum absolute atomic E-state index is 0.0890. The summed E-state index contributed by atoms with van der Waals surface area (Å²) in [4.78, 5) is 27.5. The van der Waals surface area contributed by atoms with E-state index in [1.807, 2.05) is 49.5 Å². The van der Waals surface area contributed by atoms with Gasteiger partial charge in [-0.2, -0.15) is 5.10 Å². The van der Waals surface area contributed by atoms with Crippen LogP contribution < -0.4 is 10.9 Å². The molecule has 0 aliphatic heterocycles. The van der Waals surface area contributed by atoms with Crippen LogP contribution in [0.4, 0.5) is 0 Å². The normalized spacial score (nSPS) is 11.4. The molecule has 0 spiro atoms. The van der Waals surface area contributed by atoms with Gasteiger partial charge >= 0.3 is 0 Å². The molecule has 4 aromatic rings. The van der Waals surface area contributed by atoms with Crippen molar-refractivity contribution in [2.45, 2.75) is 13.1 Å². The van der Waals surface area contributed by atoms with Crippen molar-refractivity contribution >= 4 is 27.7 Å². The van der Waals surface area contributed by atoms with E-state index >= 15 is 0 Å². The molecule has 0 bridgehead atoms. The molecule has 2 aromatic carbocycles. The van der Waals surface area contributed by atoms with Crippen LogP contribution in [-0.2, 0) is 24.9 Å². The Morgan fingerprint density at radius 1 is 1.07 bits per heavy atom. The molecule has 30 heavy (non-hydrogen) atoms. The third kappa shape index (κ3) is 3.97. The van der Waals surface area contributed by atoms with E-state index in [1.165, 1.54) is 10.2 Å². The third-order valence-electron chi connectivity index (χ3n) is 5.28. The minimum atomic E-state index is -0.209. The molecule has 0 fully saturated rings. The lowest BCUT2D eigenvalue weighted by atomic mass is 10.2. The lowest BCUT2D eigenvalue weighted by Crippen LogP contribution is -2.35. The van der Waals surface area contributed by atoms with E-state index in [1.54, 1.807) is 17.8 Å². The quantitative estimate of drug-likeness (QED) is 0.513. The first-order valence-corrected chi connectivity index (χ1v) is 9.97. The van der Waals surface area contributed by atoms with Crippen LogP contribution in [0.15, 0.2) is 65.6 Å². The number of fused-ring (bicyclic) bond motifs is 3. The number of hydrogen-bond donors (Lipinski definition) is 1. The van der Waals surface area contributed by atoms with Crippen LogP contribution in [0.5, 0.6) is 0 Å². The Labute approximate surface area is 174 Å². The fraction of sp³-hybridized carbons (Fsp3) is 0.261. The Balaban J connectivity index is 1.46. The van der Waals surface area contributed by atoms with Crippen molar-refractivity contribution in [2.24, 2.45) is 7.05 Å². The number of nitrogens with one attached hydrogen (secondary N) is 1. The van der Waals surface area contributed by atoms with E-state index in [2.05, 4.69) is 27.4 Å². The Morgan fingerprint density at radius 2 is 1.80 bits per heavy atom. The van der Waals surface area contributed by atoms with E-state index in [-0.39, 0.29) is 18.0 Å². The van der Waals surface area contributed by atoms with Crippen molar-refractivity contribution in [3.63, 3.8) is 0 Å². The second-order valence-corrected chi connectivity index (χ2v) is 7.51. The average molecular weight is 403 g/mol. The van der Waals surface area contributed by atoms with Crippen LogP contribution in [0.25, 0.3) is 21.8 Å². The van der Waals surface area contributed by atoms with Crippen molar-refractivity contribution in [2.75, 3.05) is 20.1 Å². The fourth-order valence-corrected chi connectivity index (χ4v) is 3.77. The Morgan fingerprint density at radius 3 is 2.60 bits per heavy atom. The number of aryl methyl sites for hydroxylation is 1. The number of likely N-dealkylation sites (N-methyl/N-ethyl adjacent to an activating group) is 1. The van der Waals surface area contributed by atoms with Gasteiger partial charge in [-0.15, -0.1) is 0 Å². The number of rotatable bonds is 7. The molecule has 0 radical (unpaired) electrons. The highest BCUT2D eigenvalue weighted by atomic mass is 16.2. The van der Waals surface area contributed by atoms with Crippen LogP contribution in [0.2, 0.25) is 0 Å². The second kappa shape index (κ2) is 8.51. The number of amides is 1. The predicted octanol–water partition coefficient (Wildman–Crippen LogP) is 2.14. The van der Waals surface area contributed by atoms with Gasteiger partial charge in [-0.05, 0) is 18.7 Å². The van der Waals surface area contributed by atoms with Gasteiger partial charge in [-0.25, -0.2) is 4.68 Å². The summed E-state index contributed by atoms with van der Waals surface area (Å²) >= 11 is 0. The van der Waals surface area contributed by atoms with Gasteiger partial charge in [-0.1, -0.05) is 48.5 Å². The van der Waals surface area contributed by atoms with Gasteiger partial charge in [0.1, 0.15) is 12.1 Å². The SMILES string of the molecule is CN(CCNC(=O)Cn1c2ccccc2c2cnn(C)c(=O)c21)Cc1ccccc1. The Kier molecular flexibility index (Phi) is 5.63. The van der Waals surface area contributed by atoms with Gasteiger partial charge < -0.3 is 14.8 Å². The van der Waals surface area contributed by atoms with E-state index in [4.69, 9.17) is 0 Å². The highest BCUT2D eigenvalue weighted by Gasteiger charge is 2.16. The van der Waals surface area contributed by atoms with Crippen molar-refractivity contribution in [3.8, 4) is 0 Å². The van der Waals surface area contributed by atoms with Gasteiger partial charge in [0.25, 0.3) is 5.56 Å². The standard InChI is InChI=1S/C23H25N5O2/c1-26(15-17-8-4-3-5-9-17)13-12-24-21(29)16-28-20-11-7-6-10-18(20)19-14-25-27(2)23(30)22(19)28/h3-11,14H,12-13,15-16H2,1-2H3,(H,24,29). The molecule has 0 saturated carbocycles. The number of aromatic nitrogens is 3. The van der Waals surface area contributed by atoms with E-state index in [9.17, 15) is 9.59 Å². The lowest BCUT2D eigenvalue weighted by molar-refractivity contribution is -0.121. The molecule has 7 heteroatoms. The highest BCUT2D eigenvalue weighted by molar-refractivity contribution is 6.07. The third-order valence-corrected chi connectivity index (χ3v) is 5.28. The molecule has 0 aliphatic rings. The minimum Gasteiger partial charge on any atom is -0.353 e. The van der Waals surface area contributed by atoms with Crippen LogP contribution >= 0.6 is 0 Å². The summed E-state index contributed by atoms with van der Waals surface area (Å²) in [5, 5.41) is 8.80. The molecule has 1 N–H and O–H groups in total. The first kappa shape index (κ1) is 19.8. The lowest BCUT2D eigenvalue weighted by Gasteiger charge is -2.17. The Bertz CT molecular complexity index is 1240. The molecule has 0 saturated heterocycles. The maximum atomic E-state index is 12.7. The molecular formula is C23H25N5O2. The molecule has 2 aromatic heterocycles. The van der Waals surface area contributed by atoms with Gasteiger partial charge in [0.2, 0.25) is 5.91 Å². The number of para-hydroxylation sites is 1. The highest BCUT2D eigenvalue weighted by Crippen LogP contribution is 2.25. The number of hydrogen-bond acceptors (Lipinski definition) is 4. The maximum Gasteiger partial charge on any atom is 0.291 e. The predicted molar refractivity (Wildman–Crippen MR) is 118 cm³/mol. The number of nitrogens with zero attached hydrogens (tertiary/aromatic N) is 4. The van der Waals surface area contributed by atoms with Crippen LogP contribution in [0.1, 0.15) is 5.56 Å². The van der Waals surface area contributed by atoms with Gasteiger partial charge in [0.15, 0.2) is 0 Å². The van der Waals surface area contributed by atoms with Crippen LogP contribution in [-0.4, -0.2) is 45.3 Å². The molecule has 1 amide bonds. The van der Waals surface area contributed by atoms with E-state index in [0.29, 0.717) is 12.1 Å². The molecular weight excluding hydrogens is 378 g/mol. The van der Waals surface area contributed by atoms with Crippen molar-refractivity contribution in [1.82, 2.24) is 24.6 Å². The van der Waals surface area contributed by atoms with Crippen molar-refractivity contribution in [3.05, 3.63) is 76.7 Å². The first-order chi connectivity index (χ1) is 14.5. The Hall–Kier alpha value is -3.45. The van der Waals surface area contributed by atoms with Gasteiger partial charge in [0, 0.05) is 43.0 Å². The van der Waals surface area contributed by atoms with Gasteiger partial charge in [0.05, 0.1) is 6.20 Å². The number of benzene rings is 2.